The number of Topliss-reactive ketones (excluding diaryl/α,β-unsaturated/α-hetero) is 1. The van der Waals surface area contributed by atoms with E-state index in [1.807, 2.05) is 31.2 Å². The average molecular weight is 504 g/mol. The number of furan rings is 1. The van der Waals surface area contributed by atoms with Gasteiger partial charge < -0.3 is 23.9 Å². The fraction of sp³-hybridized carbons (Fsp3) is 0.333. The first-order valence-electron chi connectivity index (χ1n) is 12.8. The molecule has 1 atom stereocenters. The van der Waals surface area contributed by atoms with E-state index in [-0.39, 0.29) is 17.9 Å². The molecule has 0 radical (unpaired) electrons. The van der Waals surface area contributed by atoms with Crippen LogP contribution in [0.5, 0.6) is 11.5 Å². The molecule has 1 aliphatic heterocycles. The molecular weight excluding hydrogens is 470 g/mol. The van der Waals surface area contributed by atoms with Gasteiger partial charge in [-0.05, 0) is 66.9 Å². The van der Waals surface area contributed by atoms with Gasteiger partial charge in [-0.1, -0.05) is 38.8 Å². The van der Waals surface area contributed by atoms with Crippen molar-refractivity contribution >= 4 is 17.4 Å². The van der Waals surface area contributed by atoms with E-state index < -0.39 is 17.7 Å². The number of ketones is 1. The van der Waals surface area contributed by atoms with E-state index >= 15 is 0 Å². The number of hydrogen-bond acceptors (Lipinski definition) is 6. The molecule has 1 aromatic heterocycles. The summed E-state index contributed by atoms with van der Waals surface area (Å²) in [5.74, 6) is 0.270. The third kappa shape index (κ3) is 6.05. The predicted molar refractivity (Wildman–Crippen MR) is 140 cm³/mol. The molecule has 0 bridgehead atoms. The summed E-state index contributed by atoms with van der Waals surface area (Å²) in [6.45, 7) is 5.47. The van der Waals surface area contributed by atoms with Crippen molar-refractivity contribution in [3.05, 3.63) is 89.4 Å². The van der Waals surface area contributed by atoms with Gasteiger partial charge in [0.25, 0.3) is 11.7 Å². The van der Waals surface area contributed by atoms with Gasteiger partial charge in [0.1, 0.15) is 23.0 Å². The molecule has 37 heavy (non-hydrogen) atoms. The molecule has 1 fully saturated rings. The number of ether oxygens (including phenoxy) is 2. The number of hydrogen-bond donors (Lipinski definition) is 1. The van der Waals surface area contributed by atoms with Crippen molar-refractivity contribution in [1.29, 1.82) is 0 Å². The first-order chi connectivity index (χ1) is 18.0. The zero-order chi connectivity index (χ0) is 26.2. The summed E-state index contributed by atoms with van der Waals surface area (Å²) >= 11 is 0. The van der Waals surface area contributed by atoms with Gasteiger partial charge in [0.15, 0.2) is 0 Å². The minimum atomic E-state index is -0.782. The Morgan fingerprint density at radius 3 is 2.19 bits per heavy atom. The Bertz CT molecular complexity index is 1210. The van der Waals surface area contributed by atoms with Crippen LogP contribution in [0.2, 0.25) is 0 Å². The molecule has 4 rings (SSSR count). The van der Waals surface area contributed by atoms with Crippen LogP contribution in [0.15, 0.2) is 76.9 Å². The number of benzene rings is 2. The SMILES string of the molecule is CCCCCOc1ccc([C@@H]2C(=C(O)c3ccc(OCCC)cc3)C(=O)C(=O)N2Cc2ccco2)cc1. The molecule has 1 amide bonds. The van der Waals surface area contributed by atoms with Gasteiger partial charge in [0, 0.05) is 5.56 Å². The minimum absolute atomic E-state index is 0.0374. The molecule has 194 valence electrons. The second kappa shape index (κ2) is 12.3. The van der Waals surface area contributed by atoms with Gasteiger partial charge in [-0.2, -0.15) is 0 Å². The number of carbonyl (C=O) groups excluding carboxylic acids is 2. The normalized spacial score (nSPS) is 16.8. The minimum Gasteiger partial charge on any atom is -0.507 e. The summed E-state index contributed by atoms with van der Waals surface area (Å²) in [5.41, 5.74) is 1.16. The summed E-state index contributed by atoms with van der Waals surface area (Å²) < 4.78 is 16.9. The first-order valence-corrected chi connectivity index (χ1v) is 12.8. The fourth-order valence-electron chi connectivity index (χ4n) is 4.33. The van der Waals surface area contributed by atoms with Crippen LogP contribution in [-0.4, -0.2) is 34.9 Å². The molecule has 3 aromatic rings. The van der Waals surface area contributed by atoms with Crippen molar-refractivity contribution in [1.82, 2.24) is 4.90 Å². The highest BCUT2D eigenvalue weighted by Crippen LogP contribution is 2.41. The number of amides is 1. The zero-order valence-corrected chi connectivity index (χ0v) is 21.3. The van der Waals surface area contributed by atoms with Gasteiger partial charge >= 0.3 is 0 Å². The molecule has 0 spiro atoms. The highest BCUT2D eigenvalue weighted by Gasteiger charge is 2.46. The van der Waals surface area contributed by atoms with E-state index in [1.54, 1.807) is 36.4 Å². The summed E-state index contributed by atoms with van der Waals surface area (Å²) in [7, 11) is 0. The Morgan fingerprint density at radius 1 is 0.892 bits per heavy atom. The molecule has 0 aliphatic carbocycles. The third-order valence-corrected chi connectivity index (χ3v) is 6.26. The molecule has 2 aromatic carbocycles. The maximum atomic E-state index is 13.2. The molecule has 2 heterocycles. The topological polar surface area (TPSA) is 89.2 Å². The van der Waals surface area contributed by atoms with Crippen LogP contribution in [0, 0.1) is 0 Å². The Morgan fingerprint density at radius 2 is 1.57 bits per heavy atom. The fourth-order valence-corrected chi connectivity index (χ4v) is 4.33. The van der Waals surface area contributed by atoms with Gasteiger partial charge in [-0.15, -0.1) is 0 Å². The Kier molecular flexibility index (Phi) is 8.67. The number of carbonyl (C=O) groups is 2. The van der Waals surface area contributed by atoms with E-state index in [1.165, 1.54) is 11.2 Å². The molecule has 1 aliphatic rings. The Hall–Kier alpha value is -4.00. The van der Waals surface area contributed by atoms with Crippen LogP contribution in [0.25, 0.3) is 5.76 Å². The van der Waals surface area contributed by atoms with E-state index in [9.17, 15) is 14.7 Å². The van der Waals surface area contributed by atoms with Crippen LogP contribution in [0.1, 0.15) is 62.5 Å². The molecule has 0 saturated carbocycles. The van der Waals surface area contributed by atoms with E-state index in [4.69, 9.17) is 13.9 Å². The summed E-state index contributed by atoms with van der Waals surface area (Å²) in [4.78, 5) is 27.8. The lowest BCUT2D eigenvalue weighted by Crippen LogP contribution is -2.29. The lowest BCUT2D eigenvalue weighted by Gasteiger charge is -2.24. The van der Waals surface area contributed by atoms with Crippen LogP contribution >= 0.6 is 0 Å². The predicted octanol–water partition coefficient (Wildman–Crippen LogP) is 6.26. The molecule has 1 N–H and O–H groups in total. The molecular formula is C30H33NO6. The highest BCUT2D eigenvalue weighted by atomic mass is 16.5. The second-order valence-electron chi connectivity index (χ2n) is 9.00. The Balaban J connectivity index is 1.68. The van der Waals surface area contributed by atoms with E-state index in [2.05, 4.69) is 6.92 Å². The van der Waals surface area contributed by atoms with Crippen molar-refractivity contribution in [2.24, 2.45) is 0 Å². The lowest BCUT2D eigenvalue weighted by atomic mass is 9.95. The quantitative estimate of drug-likeness (QED) is 0.136. The first kappa shape index (κ1) is 26.1. The smallest absolute Gasteiger partial charge is 0.296 e. The van der Waals surface area contributed by atoms with Crippen molar-refractivity contribution in [3.8, 4) is 11.5 Å². The number of likely N-dealkylation sites (tertiary alicyclic amines) is 1. The number of aliphatic hydroxyl groups is 1. The van der Waals surface area contributed by atoms with Gasteiger partial charge in [0.2, 0.25) is 0 Å². The van der Waals surface area contributed by atoms with Crippen molar-refractivity contribution in [2.75, 3.05) is 13.2 Å². The average Bonchev–Trinajstić information content (AvgIpc) is 3.53. The van der Waals surface area contributed by atoms with Gasteiger partial charge in [-0.3, -0.25) is 9.59 Å². The maximum Gasteiger partial charge on any atom is 0.296 e. The van der Waals surface area contributed by atoms with E-state index in [0.29, 0.717) is 41.6 Å². The monoisotopic (exact) mass is 503 g/mol. The molecule has 7 heteroatoms. The number of unbranched alkanes of at least 4 members (excludes halogenated alkanes) is 2. The van der Waals surface area contributed by atoms with E-state index in [0.717, 1.165) is 25.7 Å². The van der Waals surface area contributed by atoms with Crippen LogP contribution < -0.4 is 9.47 Å². The molecule has 7 nitrogen and oxygen atoms in total. The van der Waals surface area contributed by atoms with Crippen LogP contribution in [-0.2, 0) is 16.1 Å². The summed E-state index contributed by atoms with van der Waals surface area (Å²) in [6.07, 6.45) is 5.59. The van der Waals surface area contributed by atoms with Crippen LogP contribution in [0.3, 0.4) is 0 Å². The number of aliphatic hydroxyl groups excluding tert-OH is 1. The van der Waals surface area contributed by atoms with Gasteiger partial charge in [0.05, 0.1) is 37.6 Å². The Labute approximate surface area is 217 Å². The lowest BCUT2D eigenvalue weighted by molar-refractivity contribution is -0.140. The number of nitrogens with zero attached hydrogens (tertiary/aromatic N) is 1. The third-order valence-electron chi connectivity index (χ3n) is 6.26. The largest absolute Gasteiger partial charge is 0.507 e. The summed E-state index contributed by atoms with van der Waals surface area (Å²) in [6, 6.07) is 16.9. The van der Waals surface area contributed by atoms with Crippen molar-refractivity contribution < 1.29 is 28.6 Å². The van der Waals surface area contributed by atoms with Crippen LogP contribution in [0.4, 0.5) is 0 Å². The zero-order valence-electron chi connectivity index (χ0n) is 21.3. The highest BCUT2D eigenvalue weighted by molar-refractivity contribution is 6.46. The second-order valence-corrected chi connectivity index (χ2v) is 9.00. The maximum absolute atomic E-state index is 13.2. The van der Waals surface area contributed by atoms with Gasteiger partial charge in [-0.25, -0.2) is 0 Å². The van der Waals surface area contributed by atoms with Crippen molar-refractivity contribution in [2.45, 2.75) is 52.1 Å². The molecule has 1 saturated heterocycles. The van der Waals surface area contributed by atoms with Crippen molar-refractivity contribution in [3.63, 3.8) is 0 Å². The standard InChI is InChI=1S/C30H33NO6/c1-3-5-6-18-36-24-13-9-21(10-14-24)27-26(28(32)22-11-15-23(16-12-22)35-17-4-2)29(33)30(34)31(27)20-25-8-7-19-37-25/h7-16,19,27,32H,3-6,17-18,20H2,1-2H3/t27-/m1/s1. The molecule has 0 unspecified atom stereocenters. The summed E-state index contributed by atoms with van der Waals surface area (Å²) in [5, 5.41) is 11.3. The number of rotatable bonds is 12.